The first-order chi connectivity index (χ1) is 9.06. The molecule has 0 aromatic carbocycles. The topological polar surface area (TPSA) is 54.2 Å². The van der Waals surface area contributed by atoms with Crippen molar-refractivity contribution in [2.75, 3.05) is 19.6 Å². The summed E-state index contributed by atoms with van der Waals surface area (Å²) < 4.78 is 5.26. The average molecular weight is 280 g/mol. The van der Waals surface area contributed by atoms with Gasteiger partial charge in [0.2, 0.25) is 5.89 Å². The lowest BCUT2D eigenvalue weighted by Crippen LogP contribution is -2.45. The Morgan fingerprint density at radius 3 is 3.05 bits per heavy atom. The lowest BCUT2D eigenvalue weighted by atomic mass is 9.98. The number of aromatic nitrogens is 2. The predicted molar refractivity (Wildman–Crippen MR) is 78.0 cm³/mol. The van der Waals surface area contributed by atoms with Gasteiger partial charge in [0, 0.05) is 19.6 Å². The number of nitrogens with one attached hydrogen (secondary N) is 1. The fourth-order valence-corrected chi connectivity index (χ4v) is 2.42. The Labute approximate surface area is 119 Å². The van der Waals surface area contributed by atoms with Crippen LogP contribution < -0.4 is 5.32 Å². The second-order valence-corrected chi connectivity index (χ2v) is 5.47. The first-order valence-corrected chi connectivity index (χ1v) is 6.94. The van der Waals surface area contributed by atoms with Crippen LogP contribution in [0.2, 0.25) is 0 Å². The van der Waals surface area contributed by atoms with E-state index in [0.29, 0.717) is 5.82 Å². The van der Waals surface area contributed by atoms with Crippen LogP contribution in [-0.4, -0.2) is 39.8 Å². The molecule has 1 fully saturated rings. The highest BCUT2D eigenvalue weighted by Crippen LogP contribution is 2.25. The van der Waals surface area contributed by atoms with Gasteiger partial charge in [-0.2, -0.15) is 4.98 Å². The van der Waals surface area contributed by atoms with E-state index in [0.717, 1.165) is 49.1 Å². The first-order valence-electron chi connectivity index (χ1n) is 6.53. The molecule has 0 unspecified atom stereocenters. The minimum absolute atomic E-state index is 0.277. The van der Waals surface area contributed by atoms with Crippen molar-refractivity contribution in [3.63, 3.8) is 0 Å². The Balaban J connectivity index is 1.93. The van der Waals surface area contributed by atoms with Crippen LogP contribution in [-0.2, 0) is 0 Å². The quantitative estimate of drug-likeness (QED) is 0.675. The number of nitrogens with zero attached hydrogens (tertiary/aromatic N) is 3. The van der Waals surface area contributed by atoms with E-state index in [4.69, 9.17) is 16.7 Å². The van der Waals surface area contributed by atoms with Gasteiger partial charge in [-0.15, -0.1) is 0 Å². The number of likely N-dealkylation sites (tertiary alicyclic amines) is 1. The maximum absolute atomic E-state index is 5.41. The highest BCUT2D eigenvalue weighted by atomic mass is 32.1. The fourth-order valence-electron chi connectivity index (χ4n) is 2.18. The summed E-state index contributed by atoms with van der Waals surface area (Å²) in [7, 11) is 0. The van der Waals surface area contributed by atoms with Gasteiger partial charge in [-0.3, -0.25) is 0 Å². The van der Waals surface area contributed by atoms with Crippen LogP contribution in [0.5, 0.6) is 0 Å². The van der Waals surface area contributed by atoms with E-state index in [1.807, 2.05) is 13.8 Å². The van der Waals surface area contributed by atoms with Crippen LogP contribution in [0.4, 0.5) is 0 Å². The number of aryl methyl sites for hydroxylation is 1. The molecule has 5 nitrogen and oxygen atoms in total. The maximum Gasteiger partial charge on any atom is 0.231 e. The molecule has 1 aromatic heterocycles. The summed E-state index contributed by atoms with van der Waals surface area (Å²) in [6.07, 6.45) is 2.15. The van der Waals surface area contributed by atoms with Crippen molar-refractivity contribution in [1.82, 2.24) is 20.4 Å². The minimum Gasteiger partial charge on any atom is -0.359 e. The van der Waals surface area contributed by atoms with Gasteiger partial charge >= 0.3 is 0 Å². The van der Waals surface area contributed by atoms with Gasteiger partial charge in [0.25, 0.3) is 0 Å². The van der Waals surface area contributed by atoms with Crippen molar-refractivity contribution in [2.24, 2.45) is 0 Å². The van der Waals surface area contributed by atoms with E-state index in [1.165, 1.54) is 0 Å². The lowest BCUT2D eigenvalue weighted by Gasteiger charge is -2.33. The molecule has 1 saturated heterocycles. The normalized spacial score (nSPS) is 19.3. The van der Waals surface area contributed by atoms with Crippen molar-refractivity contribution in [1.29, 1.82) is 0 Å². The minimum atomic E-state index is 0.277. The van der Waals surface area contributed by atoms with Crippen molar-refractivity contribution >= 4 is 17.3 Å². The zero-order valence-corrected chi connectivity index (χ0v) is 12.3. The summed E-state index contributed by atoms with van der Waals surface area (Å²) >= 11 is 5.41. The van der Waals surface area contributed by atoms with Gasteiger partial charge in [-0.25, -0.2) is 0 Å². The molecule has 0 radical (unpaired) electrons. The molecule has 104 valence electrons. The lowest BCUT2D eigenvalue weighted by molar-refractivity contribution is 0.257. The van der Waals surface area contributed by atoms with E-state index < -0.39 is 0 Å². The molecule has 1 N–H and O–H groups in total. The van der Waals surface area contributed by atoms with Crippen molar-refractivity contribution in [3.8, 4) is 0 Å². The number of hydrogen-bond donors (Lipinski definition) is 1. The summed E-state index contributed by atoms with van der Waals surface area (Å²) in [5.74, 6) is 1.69. The molecule has 0 aliphatic carbocycles. The van der Waals surface area contributed by atoms with E-state index in [2.05, 4.69) is 26.9 Å². The van der Waals surface area contributed by atoms with Crippen LogP contribution in [0.3, 0.4) is 0 Å². The molecule has 19 heavy (non-hydrogen) atoms. The maximum atomic E-state index is 5.41. The van der Waals surface area contributed by atoms with Gasteiger partial charge in [-0.05, 0) is 38.9 Å². The molecular weight excluding hydrogens is 260 g/mol. The zero-order valence-electron chi connectivity index (χ0n) is 11.5. The second kappa shape index (κ2) is 6.14. The third-order valence-electron chi connectivity index (χ3n) is 3.14. The molecule has 1 aliphatic rings. The average Bonchev–Trinajstić information content (AvgIpc) is 2.83. The predicted octanol–water partition coefficient (Wildman–Crippen LogP) is 2.01. The van der Waals surface area contributed by atoms with Crippen LogP contribution in [0.1, 0.15) is 37.4 Å². The van der Waals surface area contributed by atoms with E-state index in [9.17, 15) is 0 Å². The Kier molecular flexibility index (Phi) is 4.52. The van der Waals surface area contributed by atoms with Crippen molar-refractivity contribution < 1.29 is 4.52 Å². The van der Waals surface area contributed by atoms with Crippen LogP contribution in [0.15, 0.2) is 16.7 Å². The number of piperidine rings is 1. The molecule has 0 saturated carbocycles. The standard InChI is InChI=1S/C13H20N4OS/c1-9(2)7-14-13(19)17-6-4-5-11(8-17)12-15-10(3)16-18-12/h11H,1,4-8H2,2-3H3,(H,14,19)/t11-/m0/s1. The summed E-state index contributed by atoms with van der Waals surface area (Å²) in [6, 6.07) is 0. The summed E-state index contributed by atoms with van der Waals surface area (Å²) in [4.78, 5) is 6.49. The molecular formula is C13H20N4OS. The van der Waals surface area contributed by atoms with Crippen LogP contribution >= 0.6 is 12.2 Å². The fraction of sp³-hybridized carbons (Fsp3) is 0.615. The third kappa shape index (κ3) is 3.76. The molecule has 2 heterocycles. The molecule has 2 rings (SSSR count). The Morgan fingerprint density at radius 1 is 1.63 bits per heavy atom. The van der Waals surface area contributed by atoms with Crippen molar-refractivity contribution in [3.05, 3.63) is 23.9 Å². The zero-order chi connectivity index (χ0) is 13.8. The summed E-state index contributed by atoms with van der Waals surface area (Å²) in [5.41, 5.74) is 1.07. The SMILES string of the molecule is C=C(C)CNC(=S)N1CCC[C@H](c2nc(C)no2)C1. The molecule has 6 heteroatoms. The summed E-state index contributed by atoms with van der Waals surface area (Å²) in [5, 5.41) is 7.86. The Morgan fingerprint density at radius 2 is 2.42 bits per heavy atom. The molecule has 0 bridgehead atoms. The Bertz CT molecular complexity index is 471. The van der Waals surface area contributed by atoms with Gasteiger partial charge in [0.05, 0.1) is 5.92 Å². The van der Waals surface area contributed by atoms with E-state index in [1.54, 1.807) is 0 Å². The monoisotopic (exact) mass is 280 g/mol. The van der Waals surface area contributed by atoms with Gasteiger partial charge in [0.1, 0.15) is 0 Å². The first kappa shape index (κ1) is 14.0. The van der Waals surface area contributed by atoms with Crippen LogP contribution in [0, 0.1) is 6.92 Å². The smallest absolute Gasteiger partial charge is 0.231 e. The second-order valence-electron chi connectivity index (χ2n) is 5.08. The van der Waals surface area contributed by atoms with E-state index in [-0.39, 0.29) is 5.92 Å². The van der Waals surface area contributed by atoms with Gasteiger partial charge < -0.3 is 14.7 Å². The molecule has 1 atom stereocenters. The third-order valence-corrected chi connectivity index (χ3v) is 3.55. The van der Waals surface area contributed by atoms with Gasteiger partial charge in [-0.1, -0.05) is 17.3 Å². The number of thiocarbonyl (C=S) groups is 1. The number of hydrogen-bond acceptors (Lipinski definition) is 4. The highest BCUT2D eigenvalue weighted by Gasteiger charge is 2.26. The number of rotatable bonds is 3. The molecule has 1 aromatic rings. The highest BCUT2D eigenvalue weighted by molar-refractivity contribution is 7.80. The van der Waals surface area contributed by atoms with Crippen molar-refractivity contribution in [2.45, 2.75) is 32.6 Å². The van der Waals surface area contributed by atoms with Crippen LogP contribution in [0.25, 0.3) is 0 Å². The van der Waals surface area contributed by atoms with Gasteiger partial charge in [0.15, 0.2) is 10.9 Å². The molecule has 1 aliphatic heterocycles. The molecule has 0 spiro atoms. The largest absolute Gasteiger partial charge is 0.359 e. The Hall–Kier alpha value is -1.43. The summed E-state index contributed by atoms with van der Waals surface area (Å²) in [6.45, 7) is 10.2. The van der Waals surface area contributed by atoms with E-state index >= 15 is 0 Å². The molecule has 0 amide bonds.